The lowest BCUT2D eigenvalue weighted by Crippen LogP contribution is -2.37. The molecule has 2 aromatic rings. The fourth-order valence-corrected chi connectivity index (χ4v) is 4.56. The number of anilines is 2. The predicted octanol–water partition coefficient (Wildman–Crippen LogP) is 2.81. The highest BCUT2D eigenvalue weighted by Crippen LogP contribution is 2.25. The van der Waals surface area contributed by atoms with Crippen LogP contribution in [0.1, 0.15) is 18.4 Å². The molecule has 26 heavy (non-hydrogen) atoms. The zero-order valence-electron chi connectivity index (χ0n) is 14.6. The summed E-state index contributed by atoms with van der Waals surface area (Å²) in [4.78, 5) is 12.2. The summed E-state index contributed by atoms with van der Waals surface area (Å²) in [6.45, 7) is 0.505. The van der Waals surface area contributed by atoms with Crippen molar-refractivity contribution in [3.63, 3.8) is 0 Å². The van der Waals surface area contributed by atoms with Crippen LogP contribution in [-0.2, 0) is 21.2 Å². The molecule has 0 aromatic heterocycles. The molecule has 138 valence electrons. The summed E-state index contributed by atoms with van der Waals surface area (Å²) >= 11 is 0. The van der Waals surface area contributed by atoms with Crippen LogP contribution in [0.2, 0.25) is 0 Å². The monoisotopic (exact) mass is 374 g/mol. The third-order valence-corrected chi connectivity index (χ3v) is 6.18. The minimum atomic E-state index is -3.22. The molecule has 0 aliphatic carbocycles. The minimum absolute atomic E-state index is 0.131. The zero-order chi connectivity index (χ0) is 18.6. The molecular weight excluding hydrogens is 352 g/mol. The van der Waals surface area contributed by atoms with Crippen LogP contribution in [0.15, 0.2) is 48.5 Å². The van der Waals surface area contributed by atoms with Crippen molar-refractivity contribution < 1.29 is 17.9 Å². The lowest BCUT2D eigenvalue weighted by molar-refractivity contribution is -0.115. The summed E-state index contributed by atoms with van der Waals surface area (Å²) in [6, 6.07) is 14.2. The number of methoxy groups -OCH3 is 1. The van der Waals surface area contributed by atoms with Gasteiger partial charge in [-0.3, -0.25) is 9.10 Å². The summed E-state index contributed by atoms with van der Waals surface area (Å²) in [5, 5.41) is 2.83. The van der Waals surface area contributed by atoms with Crippen molar-refractivity contribution in [3.05, 3.63) is 54.1 Å². The summed E-state index contributed by atoms with van der Waals surface area (Å²) in [7, 11) is -1.63. The van der Waals surface area contributed by atoms with Gasteiger partial charge in [0.1, 0.15) is 5.75 Å². The molecule has 6 nitrogen and oxygen atoms in total. The lowest BCUT2D eigenvalue weighted by atomic mass is 10.1. The first-order valence-electron chi connectivity index (χ1n) is 8.51. The topological polar surface area (TPSA) is 75.7 Å². The van der Waals surface area contributed by atoms with Crippen LogP contribution < -0.4 is 14.4 Å². The second-order valence-electron chi connectivity index (χ2n) is 6.22. The van der Waals surface area contributed by atoms with E-state index in [1.165, 1.54) is 4.31 Å². The normalized spacial score (nSPS) is 16.1. The molecule has 0 radical (unpaired) electrons. The number of ether oxygens (including phenoxy) is 1. The SMILES string of the molecule is COc1ccc(CC(=O)Nc2ccc(N3CCCCS3(=O)=O)cc2)cc1. The van der Waals surface area contributed by atoms with E-state index in [2.05, 4.69) is 5.32 Å². The largest absolute Gasteiger partial charge is 0.497 e. The van der Waals surface area contributed by atoms with E-state index in [-0.39, 0.29) is 18.1 Å². The summed E-state index contributed by atoms with van der Waals surface area (Å²) < 4.78 is 30.8. The Labute approximate surface area is 153 Å². The number of sulfonamides is 1. The van der Waals surface area contributed by atoms with E-state index >= 15 is 0 Å². The molecule has 1 aliphatic rings. The molecule has 0 spiro atoms. The van der Waals surface area contributed by atoms with Crippen LogP contribution in [0, 0.1) is 0 Å². The number of benzene rings is 2. The second kappa shape index (κ2) is 7.78. The highest BCUT2D eigenvalue weighted by Gasteiger charge is 2.25. The number of hydrogen-bond donors (Lipinski definition) is 1. The minimum Gasteiger partial charge on any atom is -0.497 e. The second-order valence-corrected chi connectivity index (χ2v) is 8.23. The highest BCUT2D eigenvalue weighted by molar-refractivity contribution is 7.92. The molecule has 7 heteroatoms. The molecule has 1 saturated heterocycles. The quantitative estimate of drug-likeness (QED) is 0.873. The van der Waals surface area contributed by atoms with Crippen LogP contribution in [0.25, 0.3) is 0 Å². The van der Waals surface area contributed by atoms with Crippen LogP contribution in [0.5, 0.6) is 5.75 Å². The van der Waals surface area contributed by atoms with Gasteiger partial charge in [0.15, 0.2) is 0 Å². The van der Waals surface area contributed by atoms with Gasteiger partial charge in [0.25, 0.3) is 0 Å². The van der Waals surface area contributed by atoms with E-state index in [0.717, 1.165) is 17.7 Å². The molecule has 1 N–H and O–H groups in total. The molecule has 2 aromatic carbocycles. The van der Waals surface area contributed by atoms with E-state index in [4.69, 9.17) is 4.74 Å². The number of amides is 1. The Kier molecular flexibility index (Phi) is 5.46. The van der Waals surface area contributed by atoms with Crippen molar-refractivity contribution in [1.29, 1.82) is 0 Å². The molecule has 1 heterocycles. The molecular formula is C19H22N2O4S. The standard InChI is InChI=1S/C19H22N2O4S/c1-25-18-10-4-15(5-11-18)14-19(22)20-16-6-8-17(9-7-16)21-12-2-3-13-26(21,23)24/h4-11H,2-3,12-14H2,1H3,(H,20,22). The number of carbonyl (C=O) groups excluding carboxylic acids is 1. The van der Waals surface area contributed by atoms with Gasteiger partial charge in [-0.15, -0.1) is 0 Å². The number of carbonyl (C=O) groups is 1. The molecule has 3 rings (SSSR count). The Morgan fingerprint density at radius 3 is 2.38 bits per heavy atom. The molecule has 0 atom stereocenters. The molecule has 0 saturated carbocycles. The van der Waals surface area contributed by atoms with Gasteiger partial charge >= 0.3 is 0 Å². The van der Waals surface area contributed by atoms with E-state index in [1.807, 2.05) is 24.3 Å². The Morgan fingerprint density at radius 2 is 1.77 bits per heavy atom. The van der Waals surface area contributed by atoms with Gasteiger partial charge in [-0.05, 0) is 54.8 Å². The summed E-state index contributed by atoms with van der Waals surface area (Å²) in [5.41, 5.74) is 2.17. The van der Waals surface area contributed by atoms with Crippen LogP contribution in [0.3, 0.4) is 0 Å². The van der Waals surface area contributed by atoms with Gasteiger partial charge in [-0.25, -0.2) is 8.42 Å². The fraction of sp³-hybridized carbons (Fsp3) is 0.316. The van der Waals surface area contributed by atoms with Crippen molar-refractivity contribution in [3.8, 4) is 5.75 Å². The fourth-order valence-electron chi connectivity index (χ4n) is 2.92. The van der Waals surface area contributed by atoms with Crippen LogP contribution in [0.4, 0.5) is 11.4 Å². The maximum Gasteiger partial charge on any atom is 0.235 e. The Hall–Kier alpha value is -2.54. The van der Waals surface area contributed by atoms with Crippen molar-refractivity contribution in [2.75, 3.05) is 29.0 Å². The molecule has 0 bridgehead atoms. The molecule has 1 aliphatic heterocycles. The van der Waals surface area contributed by atoms with E-state index < -0.39 is 10.0 Å². The summed E-state index contributed by atoms with van der Waals surface area (Å²) in [5.74, 6) is 0.804. The summed E-state index contributed by atoms with van der Waals surface area (Å²) in [6.07, 6.45) is 1.82. The molecule has 1 amide bonds. The molecule has 0 unspecified atom stereocenters. The van der Waals surface area contributed by atoms with Crippen molar-refractivity contribution in [1.82, 2.24) is 0 Å². The Bertz CT molecular complexity index is 861. The van der Waals surface area contributed by atoms with Crippen molar-refractivity contribution >= 4 is 27.3 Å². The third kappa shape index (κ3) is 4.35. The van der Waals surface area contributed by atoms with E-state index in [0.29, 0.717) is 24.3 Å². The average Bonchev–Trinajstić information content (AvgIpc) is 2.63. The Morgan fingerprint density at radius 1 is 1.08 bits per heavy atom. The molecule has 1 fully saturated rings. The maximum atomic E-state index is 12.2. The van der Waals surface area contributed by atoms with Gasteiger partial charge in [-0.2, -0.15) is 0 Å². The van der Waals surface area contributed by atoms with Crippen molar-refractivity contribution in [2.24, 2.45) is 0 Å². The number of nitrogens with zero attached hydrogens (tertiary/aromatic N) is 1. The predicted molar refractivity (Wildman–Crippen MR) is 102 cm³/mol. The number of rotatable bonds is 5. The maximum absolute atomic E-state index is 12.2. The van der Waals surface area contributed by atoms with E-state index in [9.17, 15) is 13.2 Å². The number of nitrogens with one attached hydrogen (secondary N) is 1. The van der Waals surface area contributed by atoms with Crippen molar-refractivity contribution in [2.45, 2.75) is 19.3 Å². The smallest absolute Gasteiger partial charge is 0.235 e. The van der Waals surface area contributed by atoms with Crippen LogP contribution in [-0.4, -0.2) is 33.7 Å². The van der Waals surface area contributed by atoms with Crippen LogP contribution >= 0.6 is 0 Å². The third-order valence-electron chi connectivity index (χ3n) is 4.31. The first-order valence-corrected chi connectivity index (χ1v) is 10.1. The number of hydrogen-bond acceptors (Lipinski definition) is 4. The van der Waals surface area contributed by atoms with Gasteiger partial charge in [0.2, 0.25) is 15.9 Å². The average molecular weight is 374 g/mol. The zero-order valence-corrected chi connectivity index (χ0v) is 15.5. The lowest BCUT2D eigenvalue weighted by Gasteiger charge is -2.28. The van der Waals surface area contributed by atoms with Gasteiger partial charge in [-0.1, -0.05) is 12.1 Å². The highest BCUT2D eigenvalue weighted by atomic mass is 32.2. The first kappa shape index (κ1) is 18.3. The first-order chi connectivity index (χ1) is 12.5. The van der Waals surface area contributed by atoms with E-state index in [1.54, 1.807) is 31.4 Å². The van der Waals surface area contributed by atoms with Gasteiger partial charge < -0.3 is 10.1 Å². The van der Waals surface area contributed by atoms with Gasteiger partial charge in [0, 0.05) is 12.2 Å². The van der Waals surface area contributed by atoms with Gasteiger partial charge in [0.05, 0.1) is 25.0 Å². The Balaban J connectivity index is 1.62.